The number of nitrogens with one attached hydrogen (secondary N) is 1. The molecule has 0 fully saturated rings. The van der Waals surface area contributed by atoms with Crippen LogP contribution < -0.4 is 5.32 Å². The first-order valence-corrected chi connectivity index (χ1v) is 6.07. The topological polar surface area (TPSA) is 75.4 Å². The molecule has 0 bridgehead atoms. The largest absolute Gasteiger partial charge is 0.388 e. The van der Waals surface area contributed by atoms with E-state index in [-0.39, 0.29) is 5.69 Å². The van der Waals surface area contributed by atoms with Gasteiger partial charge in [0, 0.05) is 23.9 Å². The molecule has 0 spiro atoms. The lowest BCUT2D eigenvalue weighted by Gasteiger charge is -2.23. The fourth-order valence-corrected chi connectivity index (χ4v) is 1.84. The maximum atomic E-state index is 10.8. The molecule has 0 radical (unpaired) electrons. The molecule has 1 unspecified atom stereocenters. The molecule has 1 atom stereocenters. The average molecular weight is 252 g/mol. The van der Waals surface area contributed by atoms with Crippen LogP contribution in [0.25, 0.3) is 0 Å². The van der Waals surface area contributed by atoms with Crippen LogP contribution >= 0.6 is 0 Å². The molecule has 5 heteroatoms. The predicted molar refractivity (Wildman–Crippen MR) is 71.9 cm³/mol. The van der Waals surface area contributed by atoms with Gasteiger partial charge in [-0.1, -0.05) is 19.4 Å². The number of hydrogen-bond acceptors (Lipinski definition) is 4. The van der Waals surface area contributed by atoms with Crippen LogP contribution in [-0.4, -0.2) is 22.2 Å². The number of nitrogens with zero attached hydrogens (tertiary/aromatic N) is 1. The Morgan fingerprint density at radius 1 is 1.50 bits per heavy atom. The van der Waals surface area contributed by atoms with Crippen molar-refractivity contribution < 1.29 is 10.0 Å². The fourth-order valence-electron chi connectivity index (χ4n) is 1.84. The van der Waals surface area contributed by atoms with Crippen molar-refractivity contribution in [3.05, 3.63) is 33.9 Å². The SMILES string of the molecule is CCCC(C)(O)CNc1ccc(C)c([N+](=O)[O-])c1. The van der Waals surface area contributed by atoms with E-state index in [2.05, 4.69) is 5.32 Å². The summed E-state index contributed by atoms with van der Waals surface area (Å²) in [6, 6.07) is 4.98. The van der Waals surface area contributed by atoms with Crippen LogP contribution in [-0.2, 0) is 0 Å². The molecule has 1 aromatic carbocycles. The van der Waals surface area contributed by atoms with Gasteiger partial charge < -0.3 is 10.4 Å². The first-order chi connectivity index (χ1) is 8.35. The number of hydrogen-bond donors (Lipinski definition) is 2. The van der Waals surface area contributed by atoms with Crippen molar-refractivity contribution in [3.8, 4) is 0 Å². The number of nitro groups is 1. The van der Waals surface area contributed by atoms with E-state index < -0.39 is 10.5 Å². The van der Waals surface area contributed by atoms with Crippen molar-refractivity contribution in [1.82, 2.24) is 0 Å². The molecule has 0 aliphatic carbocycles. The van der Waals surface area contributed by atoms with Gasteiger partial charge in [0.15, 0.2) is 0 Å². The first kappa shape index (κ1) is 14.4. The highest BCUT2D eigenvalue weighted by atomic mass is 16.6. The second kappa shape index (κ2) is 5.82. The number of anilines is 1. The normalized spacial score (nSPS) is 14.0. The van der Waals surface area contributed by atoms with Crippen LogP contribution in [0.3, 0.4) is 0 Å². The van der Waals surface area contributed by atoms with Crippen LogP contribution in [0.4, 0.5) is 11.4 Å². The van der Waals surface area contributed by atoms with E-state index in [1.807, 2.05) is 6.92 Å². The molecule has 1 aromatic rings. The monoisotopic (exact) mass is 252 g/mol. The highest BCUT2D eigenvalue weighted by molar-refractivity contribution is 5.54. The summed E-state index contributed by atoms with van der Waals surface area (Å²) in [7, 11) is 0. The number of aliphatic hydroxyl groups is 1. The molecule has 2 N–H and O–H groups in total. The van der Waals surface area contributed by atoms with Gasteiger partial charge in [-0.05, 0) is 26.3 Å². The van der Waals surface area contributed by atoms with Crippen molar-refractivity contribution in [2.45, 2.75) is 39.2 Å². The van der Waals surface area contributed by atoms with Gasteiger partial charge in [0.1, 0.15) is 0 Å². The summed E-state index contributed by atoms with van der Waals surface area (Å²) in [5.41, 5.74) is 0.582. The van der Waals surface area contributed by atoms with Crippen LogP contribution in [0.5, 0.6) is 0 Å². The van der Waals surface area contributed by atoms with Crippen molar-refractivity contribution in [3.63, 3.8) is 0 Å². The molecular formula is C13H20N2O3. The van der Waals surface area contributed by atoms with Crippen molar-refractivity contribution in [2.24, 2.45) is 0 Å². The van der Waals surface area contributed by atoms with Crippen LogP contribution in [0.15, 0.2) is 18.2 Å². The average Bonchev–Trinajstić information content (AvgIpc) is 2.27. The minimum atomic E-state index is -0.797. The molecule has 0 saturated carbocycles. The zero-order valence-electron chi connectivity index (χ0n) is 11.1. The zero-order valence-corrected chi connectivity index (χ0v) is 11.1. The fraction of sp³-hybridized carbons (Fsp3) is 0.538. The third-order valence-electron chi connectivity index (χ3n) is 2.87. The van der Waals surface area contributed by atoms with Gasteiger partial charge in [-0.25, -0.2) is 0 Å². The zero-order chi connectivity index (χ0) is 13.8. The first-order valence-electron chi connectivity index (χ1n) is 6.07. The van der Waals surface area contributed by atoms with E-state index in [0.717, 1.165) is 6.42 Å². The van der Waals surface area contributed by atoms with Gasteiger partial charge in [-0.15, -0.1) is 0 Å². The van der Waals surface area contributed by atoms with Crippen LogP contribution in [0, 0.1) is 17.0 Å². The highest BCUT2D eigenvalue weighted by Gasteiger charge is 2.19. The number of benzene rings is 1. The lowest BCUT2D eigenvalue weighted by atomic mass is 10.0. The molecule has 1 rings (SSSR count). The molecule has 100 valence electrons. The molecule has 0 aliphatic rings. The van der Waals surface area contributed by atoms with Crippen molar-refractivity contribution >= 4 is 11.4 Å². The Bertz CT molecular complexity index is 430. The van der Waals surface area contributed by atoms with Crippen LogP contribution in [0.2, 0.25) is 0 Å². The number of aryl methyl sites for hydroxylation is 1. The molecular weight excluding hydrogens is 232 g/mol. The van der Waals surface area contributed by atoms with Gasteiger partial charge in [0.2, 0.25) is 0 Å². The Morgan fingerprint density at radius 2 is 2.17 bits per heavy atom. The summed E-state index contributed by atoms with van der Waals surface area (Å²) in [4.78, 5) is 10.4. The van der Waals surface area contributed by atoms with E-state index in [0.29, 0.717) is 24.2 Å². The molecule has 0 heterocycles. The van der Waals surface area contributed by atoms with E-state index >= 15 is 0 Å². The molecule has 0 aromatic heterocycles. The number of nitro benzene ring substituents is 1. The van der Waals surface area contributed by atoms with E-state index in [1.165, 1.54) is 6.07 Å². The minimum Gasteiger partial charge on any atom is -0.388 e. The third kappa shape index (κ3) is 4.00. The maximum absolute atomic E-state index is 10.8. The van der Waals surface area contributed by atoms with Gasteiger partial charge in [-0.3, -0.25) is 10.1 Å². The maximum Gasteiger partial charge on any atom is 0.274 e. The Morgan fingerprint density at radius 3 is 2.72 bits per heavy atom. The summed E-state index contributed by atoms with van der Waals surface area (Å²) in [6.45, 7) is 5.84. The van der Waals surface area contributed by atoms with Gasteiger partial charge in [-0.2, -0.15) is 0 Å². The predicted octanol–water partition coefficient (Wildman–Crippen LogP) is 2.87. The van der Waals surface area contributed by atoms with E-state index in [9.17, 15) is 15.2 Å². The second-order valence-corrected chi connectivity index (χ2v) is 4.86. The van der Waals surface area contributed by atoms with Crippen molar-refractivity contribution in [1.29, 1.82) is 0 Å². The Balaban J connectivity index is 2.74. The second-order valence-electron chi connectivity index (χ2n) is 4.86. The quantitative estimate of drug-likeness (QED) is 0.603. The van der Waals surface area contributed by atoms with Gasteiger partial charge in [0.25, 0.3) is 5.69 Å². The standard InChI is InChI=1S/C13H20N2O3/c1-4-7-13(3,16)9-14-11-6-5-10(2)12(8-11)15(17)18/h5-6,8,14,16H,4,7,9H2,1-3H3. The van der Waals surface area contributed by atoms with Crippen LogP contribution in [0.1, 0.15) is 32.3 Å². The summed E-state index contributed by atoms with van der Waals surface area (Å²) in [5, 5.41) is 23.9. The highest BCUT2D eigenvalue weighted by Crippen LogP contribution is 2.23. The van der Waals surface area contributed by atoms with E-state index in [1.54, 1.807) is 26.0 Å². The lowest BCUT2D eigenvalue weighted by Crippen LogP contribution is -2.33. The summed E-state index contributed by atoms with van der Waals surface area (Å²) < 4.78 is 0. The smallest absolute Gasteiger partial charge is 0.274 e. The van der Waals surface area contributed by atoms with E-state index in [4.69, 9.17) is 0 Å². The van der Waals surface area contributed by atoms with Gasteiger partial charge in [0.05, 0.1) is 10.5 Å². The molecule has 0 saturated heterocycles. The Hall–Kier alpha value is -1.62. The third-order valence-corrected chi connectivity index (χ3v) is 2.87. The lowest BCUT2D eigenvalue weighted by molar-refractivity contribution is -0.385. The molecule has 5 nitrogen and oxygen atoms in total. The Kier molecular flexibility index (Phi) is 4.67. The molecule has 0 amide bonds. The Labute approximate surface area is 107 Å². The summed E-state index contributed by atoms with van der Waals surface area (Å²) in [6.07, 6.45) is 1.58. The number of rotatable bonds is 6. The van der Waals surface area contributed by atoms with Crippen molar-refractivity contribution in [2.75, 3.05) is 11.9 Å². The van der Waals surface area contributed by atoms with Gasteiger partial charge >= 0.3 is 0 Å². The summed E-state index contributed by atoms with van der Waals surface area (Å²) in [5.74, 6) is 0. The summed E-state index contributed by atoms with van der Waals surface area (Å²) >= 11 is 0. The molecule has 18 heavy (non-hydrogen) atoms. The minimum absolute atomic E-state index is 0.0927. The molecule has 0 aliphatic heterocycles.